The molecule has 4 N–H and O–H groups in total. The van der Waals surface area contributed by atoms with Gasteiger partial charge in [-0.05, 0) is 37.1 Å². The lowest BCUT2D eigenvalue weighted by Gasteiger charge is -2.14. The van der Waals surface area contributed by atoms with Crippen LogP contribution in [0.4, 0.5) is 10.5 Å². The van der Waals surface area contributed by atoms with E-state index < -0.39 is 11.9 Å². The third-order valence-electron chi connectivity index (χ3n) is 3.18. The van der Waals surface area contributed by atoms with Crippen molar-refractivity contribution in [3.8, 4) is 0 Å². The van der Waals surface area contributed by atoms with Crippen molar-refractivity contribution in [2.24, 2.45) is 0 Å². The number of nitrogens with one attached hydrogen (secondary N) is 4. The lowest BCUT2D eigenvalue weighted by atomic mass is 10.2. The van der Waals surface area contributed by atoms with Gasteiger partial charge in [0.1, 0.15) is 0 Å². The number of anilines is 1. The highest BCUT2D eigenvalue weighted by Crippen LogP contribution is 2.19. The van der Waals surface area contributed by atoms with Crippen LogP contribution in [0.3, 0.4) is 0 Å². The number of quaternary nitrogens is 1. The molecule has 0 bridgehead atoms. The fourth-order valence-corrected chi connectivity index (χ4v) is 2.50. The largest absolute Gasteiger partial charge is 0.338 e. The van der Waals surface area contributed by atoms with Crippen molar-refractivity contribution in [3.63, 3.8) is 0 Å². The number of hydrogen-bond donors (Lipinski definition) is 4. The van der Waals surface area contributed by atoms with Gasteiger partial charge in [-0.1, -0.05) is 22.9 Å². The van der Waals surface area contributed by atoms with Crippen LogP contribution in [-0.4, -0.2) is 44.5 Å². The van der Waals surface area contributed by atoms with Crippen LogP contribution in [-0.2, 0) is 9.59 Å². The van der Waals surface area contributed by atoms with E-state index in [0.717, 1.165) is 22.1 Å². The van der Waals surface area contributed by atoms with Crippen LogP contribution in [0.1, 0.15) is 18.9 Å². The van der Waals surface area contributed by atoms with Crippen molar-refractivity contribution in [3.05, 3.63) is 28.2 Å². The van der Waals surface area contributed by atoms with E-state index >= 15 is 0 Å². The van der Waals surface area contributed by atoms with E-state index in [1.54, 1.807) is 7.05 Å². The SMILES string of the molecule is CCCNC(=O)NC(=O)C[NH+](C)CC(=O)Nc1ccc(Br)cc1C. The summed E-state index contributed by atoms with van der Waals surface area (Å²) in [4.78, 5) is 35.8. The first-order valence-corrected chi connectivity index (χ1v) is 8.56. The predicted octanol–water partition coefficient (Wildman–Crippen LogP) is 0.447. The molecule has 24 heavy (non-hydrogen) atoms. The average Bonchev–Trinajstić information content (AvgIpc) is 2.47. The van der Waals surface area contributed by atoms with E-state index in [2.05, 4.69) is 31.9 Å². The molecule has 8 heteroatoms. The van der Waals surface area contributed by atoms with Gasteiger partial charge in [-0.25, -0.2) is 4.79 Å². The Morgan fingerprint density at radius 1 is 1.17 bits per heavy atom. The van der Waals surface area contributed by atoms with Gasteiger partial charge >= 0.3 is 6.03 Å². The molecular weight excluding hydrogens is 376 g/mol. The molecular formula is C16H24BrN4O3+. The molecule has 0 heterocycles. The molecule has 1 atom stereocenters. The zero-order valence-corrected chi connectivity index (χ0v) is 15.7. The lowest BCUT2D eigenvalue weighted by molar-refractivity contribution is -0.862. The number of urea groups is 1. The molecule has 1 aromatic carbocycles. The summed E-state index contributed by atoms with van der Waals surface area (Å²) in [6.45, 7) is 4.49. The summed E-state index contributed by atoms with van der Waals surface area (Å²) >= 11 is 3.37. The van der Waals surface area contributed by atoms with Crippen molar-refractivity contribution >= 4 is 39.5 Å². The number of aryl methyl sites for hydroxylation is 1. The maximum atomic E-state index is 12.1. The van der Waals surface area contributed by atoms with Crippen LogP contribution in [0.5, 0.6) is 0 Å². The number of likely N-dealkylation sites (N-methyl/N-ethyl adjacent to an activating group) is 1. The Labute approximate surface area is 150 Å². The van der Waals surface area contributed by atoms with E-state index in [1.165, 1.54) is 0 Å². The number of carbonyl (C=O) groups is 3. The smallest absolute Gasteiger partial charge is 0.321 e. The molecule has 0 fully saturated rings. The summed E-state index contributed by atoms with van der Waals surface area (Å²) in [7, 11) is 1.72. The highest BCUT2D eigenvalue weighted by Gasteiger charge is 2.16. The van der Waals surface area contributed by atoms with Gasteiger partial charge < -0.3 is 15.5 Å². The highest BCUT2D eigenvalue weighted by molar-refractivity contribution is 9.10. The number of imide groups is 1. The molecule has 0 saturated heterocycles. The number of carbonyl (C=O) groups excluding carboxylic acids is 3. The van der Waals surface area contributed by atoms with Crippen molar-refractivity contribution in [2.45, 2.75) is 20.3 Å². The minimum atomic E-state index is -0.510. The summed E-state index contributed by atoms with van der Waals surface area (Å²) in [6, 6.07) is 5.07. The Balaban J connectivity index is 2.41. The fourth-order valence-electron chi connectivity index (χ4n) is 2.03. The Morgan fingerprint density at radius 3 is 2.46 bits per heavy atom. The van der Waals surface area contributed by atoms with Gasteiger partial charge in [0.05, 0.1) is 7.05 Å². The summed E-state index contributed by atoms with van der Waals surface area (Å²) in [5.41, 5.74) is 1.68. The summed E-state index contributed by atoms with van der Waals surface area (Å²) in [6.07, 6.45) is 0.794. The number of amides is 4. The first-order chi connectivity index (χ1) is 11.3. The van der Waals surface area contributed by atoms with Gasteiger partial charge in [-0.15, -0.1) is 0 Å². The van der Waals surface area contributed by atoms with E-state index in [-0.39, 0.29) is 19.0 Å². The highest BCUT2D eigenvalue weighted by atomic mass is 79.9. The van der Waals surface area contributed by atoms with E-state index in [0.29, 0.717) is 11.4 Å². The quantitative estimate of drug-likeness (QED) is 0.536. The van der Waals surface area contributed by atoms with Crippen LogP contribution in [0, 0.1) is 6.92 Å². The van der Waals surface area contributed by atoms with Crippen LogP contribution in [0.2, 0.25) is 0 Å². The molecule has 132 valence electrons. The molecule has 0 aromatic heterocycles. The second kappa shape index (κ2) is 10.0. The molecule has 1 unspecified atom stereocenters. The molecule has 0 saturated carbocycles. The summed E-state index contributed by atoms with van der Waals surface area (Å²) < 4.78 is 0.943. The van der Waals surface area contributed by atoms with Crippen molar-refractivity contribution < 1.29 is 19.3 Å². The first kappa shape index (κ1) is 20.1. The molecule has 0 spiro atoms. The monoisotopic (exact) mass is 399 g/mol. The maximum Gasteiger partial charge on any atom is 0.321 e. The molecule has 1 aromatic rings. The predicted molar refractivity (Wildman–Crippen MR) is 96.0 cm³/mol. The summed E-state index contributed by atoms with van der Waals surface area (Å²) in [5, 5.41) is 7.61. The van der Waals surface area contributed by atoms with Crippen LogP contribution >= 0.6 is 15.9 Å². The van der Waals surface area contributed by atoms with E-state index in [1.807, 2.05) is 32.0 Å². The van der Waals surface area contributed by atoms with Crippen LogP contribution in [0.25, 0.3) is 0 Å². The first-order valence-electron chi connectivity index (χ1n) is 7.76. The second-order valence-electron chi connectivity index (χ2n) is 5.62. The van der Waals surface area contributed by atoms with Crippen LogP contribution < -0.4 is 20.9 Å². The Hall–Kier alpha value is -1.93. The maximum absolute atomic E-state index is 12.1. The molecule has 0 aliphatic carbocycles. The molecule has 7 nitrogen and oxygen atoms in total. The Morgan fingerprint density at radius 2 is 1.83 bits per heavy atom. The van der Waals surface area contributed by atoms with Crippen molar-refractivity contribution in [1.29, 1.82) is 0 Å². The minimum Gasteiger partial charge on any atom is -0.338 e. The van der Waals surface area contributed by atoms with Crippen LogP contribution in [0.15, 0.2) is 22.7 Å². The fraction of sp³-hybridized carbons (Fsp3) is 0.438. The van der Waals surface area contributed by atoms with Gasteiger partial charge in [0.15, 0.2) is 13.1 Å². The zero-order valence-electron chi connectivity index (χ0n) is 14.2. The topological polar surface area (TPSA) is 91.7 Å². The van der Waals surface area contributed by atoms with Crippen molar-refractivity contribution in [1.82, 2.24) is 10.6 Å². The third-order valence-corrected chi connectivity index (χ3v) is 3.67. The molecule has 0 aliphatic heterocycles. The average molecular weight is 400 g/mol. The second-order valence-corrected chi connectivity index (χ2v) is 6.54. The summed E-state index contributed by atoms with van der Waals surface area (Å²) in [5.74, 6) is -0.616. The van der Waals surface area contributed by atoms with E-state index in [4.69, 9.17) is 0 Å². The Kier molecular flexibility index (Phi) is 8.42. The van der Waals surface area contributed by atoms with Gasteiger partial charge in [0.2, 0.25) is 0 Å². The number of hydrogen-bond acceptors (Lipinski definition) is 3. The lowest BCUT2D eigenvalue weighted by Crippen LogP contribution is -3.11. The third kappa shape index (κ3) is 7.56. The van der Waals surface area contributed by atoms with Gasteiger partial charge in [-0.2, -0.15) is 0 Å². The van der Waals surface area contributed by atoms with Gasteiger partial charge in [0, 0.05) is 16.7 Å². The van der Waals surface area contributed by atoms with Gasteiger partial charge in [-0.3, -0.25) is 14.9 Å². The molecule has 1 rings (SSSR count). The number of benzene rings is 1. The normalized spacial score (nSPS) is 11.5. The molecule has 0 aliphatic rings. The Bertz CT molecular complexity index is 607. The standard InChI is InChI=1S/C16H23BrN4O3/c1-4-7-18-16(24)20-15(23)10-21(3)9-14(22)19-13-6-5-12(17)8-11(13)2/h5-6,8H,4,7,9-10H2,1-3H3,(H,19,22)(H2,18,20,23,24)/p+1. The van der Waals surface area contributed by atoms with Crippen molar-refractivity contribution in [2.75, 3.05) is 32.0 Å². The molecule has 4 amide bonds. The minimum absolute atomic E-state index is 0.0340. The number of rotatable bonds is 7. The van der Waals surface area contributed by atoms with Gasteiger partial charge in [0.25, 0.3) is 11.8 Å². The zero-order chi connectivity index (χ0) is 18.1. The van der Waals surface area contributed by atoms with E-state index in [9.17, 15) is 14.4 Å². The number of halogens is 1. The molecule has 0 radical (unpaired) electrons.